The van der Waals surface area contributed by atoms with E-state index in [9.17, 15) is 17.6 Å². The van der Waals surface area contributed by atoms with Gasteiger partial charge in [-0.3, -0.25) is 4.79 Å². The molecule has 0 saturated heterocycles. The Morgan fingerprint density at radius 2 is 1.92 bits per heavy atom. The van der Waals surface area contributed by atoms with Crippen LogP contribution in [0.2, 0.25) is 0 Å². The summed E-state index contributed by atoms with van der Waals surface area (Å²) in [6.45, 7) is 0.529. The molecule has 0 heterocycles. The lowest BCUT2D eigenvalue weighted by atomic mass is 10.2. The molecule has 2 aromatic rings. The lowest BCUT2D eigenvalue weighted by Gasteiger charge is -2.18. The first-order valence-corrected chi connectivity index (χ1v) is 10.1. The van der Waals surface area contributed by atoms with Gasteiger partial charge in [0, 0.05) is 11.6 Å². The molecular formula is C19H20FNO4S. The molecule has 2 aromatic carbocycles. The number of carbonyl (C=O) groups excluding carboxylic acids is 1. The molecule has 3 rings (SSSR count). The summed E-state index contributed by atoms with van der Waals surface area (Å²) in [5.74, 6) is -0.162. The monoisotopic (exact) mass is 377 g/mol. The number of ether oxygens (including phenoxy) is 1. The first kappa shape index (κ1) is 18.4. The zero-order valence-electron chi connectivity index (χ0n) is 14.1. The largest absolute Gasteiger partial charge is 0.493 e. The highest BCUT2D eigenvalue weighted by Crippen LogP contribution is 2.31. The van der Waals surface area contributed by atoms with Crippen molar-refractivity contribution in [2.75, 3.05) is 6.61 Å². The number of carbonyl (C=O) groups is 1. The minimum Gasteiger partial charge on any atom is -0.493 e. The second kappa shape index (κ2) is 7.86. The van der Waals surface area contributed by atoms with Crippen LogP contribution in [0.1, 0.15) is 29.3 Å². The number of sulfone groups is 1. The molecule has 26 heavy (non-hydrogen) atoms. The van der Waals surface area contributed by atoms with Crippen molar-refractivity contribution in [1.82, 2.24) is 5.32 Å². The summed E-state index contributed by atoms with van der Waals surface area (Å²) >= 11 is 0. The van der Waals surface area contributed by atoms with E-state index < -0.39 is 21.0 Å². The summed E-state index contributed by atoms with van der Waals surface area (Å²) in [5.41, 5.74) is 0.460. The zero-order valence-corrected chi connectivity index (χ0v) is 14.9. The van der Waals surface area contributed by atoms with E-state index in [1.807, 2.05) is 0 Å². The first-order valence-electron chi connectivity index (χ1n) is 8.37. The number of amides is 1. The quantitative estimate of drug-likeness (QED) is 0.682. The van der Waals surface area contributed by atoms with Gasteiger partial charge in [-0.2, -0.15) is 0 Å². The molecule has 0 spiro atoms. The lowest BCUT2D eigenvalue weighted by Crippen LogP contribution is -2.29. The van der Waals surface area contributed by atoms with Gasteiger partial charge in [0.15, 0.2) is 15.2 Å². The normalized spacial score (nSPS) is 15.3. The Hall–Kier alpha value is -2.41. The molecule has 1 N–H and O–H groups in total. The van der Waals surface area contributed by atoms with Crippen molar-refractivity contribution in [2.24, 2.45) is 5.92 Å². The third-order valence-corrected chi connectivity index (χ3v) is 6.07. The van der Waals surface area contributed by atoms with Crippen LogP contribution < -0.4 is 10.1 Å². The molecule has 0 radical (unpaired) electrons. The fraction of sp³-hybridized carbons (Fsp3) is 0.316. The molecule has 1 aliphatic rings. The first-order chi connectivity index (χ1) is 12.5. The summed E-state index contributed by atoms with van der Waals surface area (Å²) in [5, 5.41) is 0.770. The Morgan fingerprint density at radius 1 is 1.19 bits per heavy atom. The predicted molar refractivity (Wildman–Crippen MR) is 95.6 cm³/mol. The SMILES string of the molecule is O=CNC(c1ccc(OCC2CC2)cc1F)S(=O)(=O)Cc1ccccc1. The molecule has 1 fully saturated rings. The minimum atomic E-state index is -3.86. The third kappa shape index (κ3) is 4.60. The van der Waals surface area contributed by atoms with Crippen LogP contribution in [-0.4, -0.2) is 21.4 Å². The maximum atomic E-state index is 14.5. The molecule has 1 saturated carbocycles. The Morgan fingerprint density at radius 3 is 2.54 bits per heavy atom. The summed E-state index contributed by atoms with van der Waals surface area (Å²) in [7, 11) is -3.86. The molecule has 138 valence electrons. The van der Waals surface area contributed by atoms with Crippen LogP contribution in [0.4, 0.5) is 4.39 Å². The van der Waals surface area contributed by atoms with Crippen LogP contribution in [0.25, 0.3) is 0 Å². The van der Waals surface area contributed by atoms with Crippen molar-refractivity contribution < 1.29 is 22.3 Å². The fourth-order valence-electron chi connectivity index (χ4n) is 2.65. The van der Waals surface area contributed by atoms with Crippen molar-refractivity contribution in [3.8, 4) is 5.75 Å². The molecule has 0 aromatic heterocycles. The average Bonchev–Trinajstić information content (AvgIpc) is 3.43. The highest BCUT2D eigenvalue weighted by Gasteiger charge is 2.30. The highest BCUT2D eigenvalue weighted by molar-refractivity contribution is 7.90. The number of halogens is 1. The fourth-order valence-corrected chi connectivity index (χ4v) is 4.31. The number of hydrogen-bond acceptors (Lipinski definition) is 4. The number of nitrogens with one attached hydrogen (secondary N) is 1. The van der Waals surface area contributed by atoms with Crippen molar-refractivity contribution in [3.05, 3.63) is 65.5 Å². The highest BCUT2D eigenvalue weighted by atomic mass is 32.2. The van der Waals surface area contributed by atoms with Gasteiger partial charge in [0.05, 0.1) is 12.4 Å². The lowest BCUT2D eigenvalue weighted by molar-refractivity contribution is -0.109. The van der Waals surface area contributed by atoms with Crippen LogP contribution in [0.15, 0.2) is 48.5 Å². The van der Waals surface area contributed by atoms with E-state index in [0.29, 0.717) is 23.8 Å². The maximum absolute atomic E-state index is 14.5. The van der Waals surface area contributed by atoms with Gasteiger partial charge in [0.1, 0.15) is 11.6 Å². The minimum absolute atomic E-state index is 0.105. The molecular weight excluding hydrogens is 357 g/mol. The van der Waals surface area contributed by atoms with Crippen LogP contribution in [0.5, 0.6) is 5.75 Å². The molecule has 1 atom stereocenters. The van der Waals surface area contributed by atoms with E-state index in [0.717, 1.165) is 18.9 Å². The number of rotatable bonds is 9. The van der Waals surface area contributed by atoms with E-state index in [1.54, 1.807) is 30.3 Å². The molecule has 1 aliphatic carbocycles. The van der Waals surface area contributed by atoms with Gasteiger partial charge in [-0.15, -0.1) is 0 Å². The summed E-state index contributed by atoms with van der Waals surface area (Å²) in [6.07, 6.45) is 2.50. The van der Waals surface area contributed by atoms with E-state index >= 15 is 0 Å². The van der Waals surface area contributed by atoms with Crippen molar-refractivity contribution in [2.45, 2.75) is 24.0 Å². The standard InChI is InChI=1S/C19H20FNO4S/c20-18-10-16(25-11-14-6-7-14)8-9-17(18)19(21-13-22)26(23,24)12-15-4-2-1-3-5-15/h1-5,8-10,13-14,19H,6-7,11-12H2,(H,21,22). The van der Waals surface area contributed by atoms with Crippen molar-refractivity contribution in [1.29, 1.82) is 0 Å². The summed E-state index contributed by atoms with van der Waals surface area (Å²) in [4.78, 5) is 10.9. The van der Waals surface area contributed by atoms with Crippen LogP contribution in [-0.2, 0) is 20.4 Å². The second-order valence-electron chi connectivity index (χ2n) is 6.40. The van der Waals surface area contributed by atoms with Gasteiger partial charge in [-0.25, -0.2) is 12.8 Å². The van der Waals surface area contributed by atoms with Crippen LogP contribution >= 0.6 is 0 Å². The van der Waals surface area contributed by atoms with Crippen LogP contribution in [0.3, 0.4) is 0 Å². The molecule has 0 bridgehead atoms. The Bertz CT molecular complexity index is 866. The second-order valence-corrected chi connectivity index (χ2v) is 8.48. The van der Waals surface area contributed by atoms with E-state index in [2.05, 4.69) is 5.32 Å². The summed E-state index contributed by atoms with van der Waals surface area (Å²) < 4.78 is 45.5. The van der Waals surface area contributed by atoms with E-state index in [4.69, 9.17) is 4.74 Å². The number of benzene rings is 2. The van der Waals surface area contributed by atoms with Crippen molar-refractivity contribution in [3.63, 3.8) is 0 Å². The van der Waals surface area contributed by atoms with Gasteiger partial charge in [-0.05, 0) is 36.5 Å². The molecule has 0 aliphatic heterocycles. The van der Waals surface area contributed by atoms with Gasteiger partial charge in [0.25, 0.3) is 0 Å². The smallest absolute Gasteiger partial charge is 0.208 e. The van der Waals surface area contributed by atoms with E-state index in [-0.39, 0.29) is 17.7 Å². The van der Waals surface area contributed by atoms with Gasteiger partial charge in [0.2, 0.25) is 6.41 Å². The van der Waals surface area contributed by atoms with E-state index in [1.165, 1.54) is 12.1 Å². The summed E-state index contributed by atoms with van der Waals surface area (Å²) in [6, 6.07) is 12.6. The molecule has 1 unspecified atom stereocenters. The van der Waals surface area contributed by atoms with Crippen LogP contribution in [0, 0.1) is 11.7 Å². The van der Waals surface area contributed by atoms with Gasteiger partial charge in [-0.1, -0.05) is 30.3 Å². The Labute approximate surface area is 152 Å². The third-order valence-electron chi connectivity index (χ3n) is 4.23. The zero-order chi connectivity index (χ0) is 18.6. The average molecular weight is 377 g/mol. The topological polar surface area (TPSA) is 72.5 Å². The number of hydrogen-bond donors (Lipinski definition) is 1. The van der Waals surface area contributed by atoms with Gasteiger partial charge < -0.3 is 10.1 Å². The molecule has 7 heteroatoms. The Kier molecular flexibility index (Phi) is 5.56. The maximum Gasteiger partial charge on any atom is 0.208 e. The Balaban J connectivity index is 1.82. The van der Waals surface area contributed by atoms with Crippen molar-refractivity contribution >= 4 is 16.2 Å². The van der Waals surface area contributed by atoms with Gasteiger partial charge >= 0.3 is 0 Å². The molecule has 5 nitrogen and oxygen atoms in total. The molecule has 1 amide bonds. The predicted octanol–water partition coefficient (Wildman–Crippen LogP) is 2.97.